The lowest BCUT2D eigenvalue weighted by Crippen LogP contribution is -2.26. The summed E-state index contributed by atoms with van der Waals surface area (Å²) in [5.74, 6) is -0.301. The van der Waals surface area contributed by atoms with Gasteiger partial charge in [-0.25, -0.2) is 4.98 Å². The van der Waals surface area contributed by atoms with Crippen LogP contribution in [0.15, 0.2) is 61.7 Å². The Bertz CT molecular complexity index is 952. The maximum Gasteiger partial charge on any atom is 0.251 e. The highest BCUT2D eigenvalue weighted by atomic mass is 79.9. The SMILES string of the molecule is O=C(Cn1cc(Br)ccc1=O)Nc1nc(-c2cccc(Br)c2)cs1. The van der Waals surface area contributed by atoms with Gasteiger partial charge in [0, 0.05) is 32.2 Å². The number of carbonyl (C=O) groups is 1. The first kappa shape index (κ1) is 17.1. The highest BCUT2D eigenvalue weighted by molar-refractivity contribution is 9.10. The van der Waals surface area contributed by atoms with Crippen molar-refractivity contribution in [2.45, 2.75) is 6.54 Å². The summed E-state index contributed by atoms with van der Waals surface area (Å²) in [6.45, 7) is -0.0654. The zero-order valence-corrected chi connectivity index (χ0v) is 16.2. The molecule has 0 spiro atoms. The molecule has 2 heterocycles. The van der Waals surface area contributed by atoms with Crippen molar-refractivity contribution >= 4 is 54.2 Å². The van der Waals surface area contributed by atoms with Crippen LogP contribution in [0.25, 0.3) is 11.3 Å². The average molecular weight is 469 g/mol. The van der Waals surface area contributed by atoms with Crippen molar-refractivity contribution < 1.29 is 4.79 Å². The topological polar surface area (TPSA) is 64.0 Å². The zero-order chi connectivity index (χ0) is 17.1. The van der Waals surface area contributed by atoms with Crippen molar-refractivity contribution in [2.24, 2.45) is 0 Å². The summed E-state index contributed by atoms with van der Waals surface area (Å²) in [6.07, 6.45) is 1.58. The van der Waals surface area contributed by atoms with E-state index in [2.05, 4.69) is 42.2 Å². The monoisotopic (exact) mass is 467 g/mol. The number of nitrogens with zero attached hydrogens (tertiary/aromatic N) is 2. The molecule has 3 aromatic rings. The molecule has 0 saturated carbocycles. The predicted octanol–water partition coefficient (Wildman–Crippen LogP) is 4.14. The molecule has 1 amide bonds. The second-order valence-electron chi connectivity index (χ2n) is 4.91. The summed E-state index contributed by atoms with van der Waals surface area (Å²) in [6, 6.07) is 10.8. The summed E-state index contributed by atoms with van der Waals surface area (Å²) in [5.41, 5.74) is 1.52. The number of anilines is 1. The Labute approximate surface area is 158 Å². The van der Waals surface area contributed by atoms with Crippen LogP contribution >= 0.6 is 43.2 Å². The van der Waals surface area contributed by atoms with Crippen LogP contribution in [0.3, 0.4) is 0 Å². The van der Waals surface area contributed by atoms with Crippen LogP contribution < -0.4 is 10.9 Å². The number of aromatic nitrogens is 2. The number of thiazole rings is 1. The molecule has 8 heteroatoms. The van der Waals surface area contributed by atoms with Crippen molar-refractivity contribution in [3.05, 3.63) is 67.3 Å². The number of pyridine rings is 1. The molecule has 0 aliphatic heterocycles. The fourth-order valence-electron chi connectivity index (χ4n) is 2.05. The van der Waals surface area contributed by atoms with Crippen molar-refractivity contribution in [2.75, 3.05) is 5.32 Å². The molecule has 1 N–H and O–H groups in total. The molecule has 0 atom stereocenters. The molecule has 0 aliphatic rings. The number of benzene rings is 1. The largest absolute Gasteiger partial charge is 0.305 e. The number of halogens is 2. The van der Waals surface area contributed by atoms with E-state index in [1.54, 1.807) is 12.3 Å². The van der Waals surface area contributed by atoms with E-state index in [0.29, 0.717) is 5.13 Å². The third-order valence-corrected chi connectivity index (χ3v) is 4.85. The van der Waals surface area contributed by atoms with E-state index < -0.39 is 0 Å². The Morgan fingerprint density at radius 1 is 1.21 bits per heavy atom. The lowest BCUT2D eigenvalue weighted by Gasteiger charge is -2.05. The van der Waals surface area contributed by atoms with E-state index in [1.165, 1.54) is 22.0 Å². The molecule has 1 aromatic carbocycles. The standard InChI is InChI=1S/C16H11Br2N3O2S/c17-11-3-1-2-10(6-11)13-9-24-16(19-13)20-14(22)8-21-7-12(18)4-5-15(21)23/h1-7,9H,8H2,(H,19,20,22). The Hall–Kier alpha value is -1.77. The second kappa shape index (κ2) is 7.42. The molecule has 5 nitrogen and oxygen atoms in total. The Morgan fingerprint density at radius 3 is 2.83 bits per heavy atom. The first-order chi connectivity index (χ1) is 11.5. The van der Waals surface area contributed by atoms with Crippen molar-refractivity contribution in [1.82, 2.24) is 9.55 Å². The molecular weight excluding hydrogens is 458 g/mol. The van der Waals surface area contributed by atoms with E-state index in [9.17, 15) is 9.59 Å². The molecule has 122 valence electrons. The van der Waals surface area contributed by atoms with Gasteiger partial charge in [0.2, 0.25) is 5.91 Å². The van der Waals surface area contributed by atoms with E-state index in [0.717, 1.165) is 20.2 Å². The van der Waals surface area contributed by atoms with E-state index >= 15 is 0 Å². The Balaban J connectivity index is 1.71. The minimum Gasteiger partial charge on any atom is -0.305 e. The van der Waals surface area contributed by atoms with Gasteiger partial charge < -0.3 is 9.88 Å². The highest BCUT2D eigenvalue weighted by Crippen LogP contribution is 2.26. The number of hydrogen-bond donors (Lipinski definition) is 1. The third-order valence-electron chi connectivity index (χ3n) is 3.13. The summed E-state index contributed by atoms with van der Waals surface area (Å²) in [5, 5.41) is 5.10. The smallest absolute Gasteiger partial charge is 0.251 e. The van der Waals surface area contributed by atoms with Gasteiger partial charge in [-0.15, -0.1) is 11.3 Å². The summed E-state index contributed by atoms with van der Waals surface area (Å²) >= 11 is 8.05. The van der Waals surface area contributed by atoms with Crippen molar-refractivity contribution in [3.8, 4) is 11.3 Å². The lowest BCUT2D eigenvalue weighted by atomic mass is 10.2. The van der Waals surface area contributed by atoms with Crippen LogP contribution in [0, 0.1) is 0 Å². The molecular formula is C16H11Br2N3O2S. The number of hydrogen-bond acceptors (Lipinski definition) is 4. The number of carbonyl (C=O) groups excluding carboxylic acids is 1. The normalized spacial score (nSPS) is 10.6. The van der Waals surface area contributed by atoms with Gasteiger partial charge >= 0.3 is 0 Å². The van der Waals surface area contributed by atoms with Gasteiger partial charge in [-0.05, 0) is 34.1 Å². The number of amides is 1. The molecule has 3 rings (SSSR count). The molecule has 0 bridgehead atoms. The average Bonchev–Trinajstić information content (AvgIpc) is 2.99. The molecule has 2 aromatic heterocycles. The van der Waals surface area contributed by atoms with Crippen LogP contribution in [0.5, 0.6) is 0 Å². The fraction of sp³-hybridized carbons (Fsp3) is 0.0625. The minimum absolute atomic E-state index is 0.0654. The summed E-state index contributed by atoms with van der Waals surface area (Å²) < 4.78 is 3.04. The van der Waals surface area contributed by atoms with Crippen molar-refractivity contribution in [3.63, 3.8) is 0 Å². The van der Waals surface area contributed by atoms with Gasteiger partial charge in [-0.1, -0.05) is 28.1 Å². The first-order valence-electron chi connectivity index (χ1n) is 6.88. The van der Waals surface area contributed by atoms with Crippen LogP contribution in [0.1, 0.15) is 0 Å². The van der Waals surface area contributed by atoms with Gasteiger partial charge in [-0.2, -0.15) is 0 Å². The number of rotatable bonds is 4. The molecule has 0 saturated heterocycles. The summed E-state index contributed by atoms with van der Waals surface area (Å²) in [7, 11) is 0. The molecule has 0 radical (unpaired) electrons. The maximum atomic E-state index is 12.1. The quantitative estimate of drug-likeness (QED) is 0.625. The van der Waals surface area contributed by atoms with Gasteiger partial charge in [-0.3, -0.25) is 9.59 Å². The summed E-state index contributed by atoms with van der Waals surface area (Å²) in [4.78, 5) is 28.3. The van der Waals surface area contributed by atoms with E-state index in [4.69, 9.17) is 0 Å². The lowest BCUT2D eigenvalue weighted by molar-refractivity contribution is -0.116. The predicted molar refractivity (Wildman–Crippen MR) is 102 cm³/mol. The maximum absolute atomic E-state index is 12.1. The van der Waals surface area contributed by atoms with Gasteiger partial charge in [0.05, 0.1) is 5.69 Å². The number of nitrogens with one attached hydrogen (secondary N) is 1. The van der Waals surface area contributed by atoms with Crippen LogP contribution in [-0.4, -0.2) is 15.5 Å². The van der Waals surface area contributed by atoms with Crippen LogP contribution in [0.4, 0.5) is 5.13 Å². The molecule has 24 heavy (non-hydrogen) atoms. The molecule has 0 aliphatic carbocycles. The molecule has 0 unspecified atom stereocenters. The Kier molecular flexibility index (Phi) is 5.27. The van der Waals surface area contributed by atoms with Crippen LogP contribution in [-0.2, 0) is 11.3 Å². The second-order valence-corrected chi connectivity index (χ2v) is 7.60. The minimum atomic E-state index is -0.301. The van der Waals surface area contributed by atoms with Gasteiger partial charge in [0.25, 0.3) is 5.56 Å². The van der Waals surface area contributed by atoms with Gasteiger partial charge in [0.15, 0.2) is 5.13 Å². The van der Waals surface area contributed by atoms with E-state index in [-0.39, 0.29) is 18.0 Å². The van der Waals surface area contributed by atoms with E-state index in [1.807, 2.05) is 29.6 Å². The van der Waals surface area contributed by atoms with Crippen LogP contribution in [0.2, 0.25) is 0 Å². The fourth-order valence-corrected chi connectivity index (χ4v) is 3.57. The van der Waals surface area contributed by atoms with Crippen molar-refractivity contribution in [1.29, 1.82) is 0 Å². The molecule has 0 fully saturated rings. The highest BCUT2D eigenvalue weighted by Gasteiger charge is 2.10. The van der Waals surface area contributed by atoms with Gasteiger partial charge in [0.1, 0.15) is 6.54 Å². The Morgan fingerprint density at radius 2 is 2.04 bits per heavy atom. The first-order valence-corrected chi connectivity index (χ1v) is 9.35. The zero-order valence-electron chi connectivity index (χ0n) is 12.2. The third kappa shape index (κ3) is 4.19.